The molecule has 1 aliphatic rings. The molecule has 1 aromatic carbocycles. The summed E-state index contributed by atoms with van der Waals surface area (Å²) in [6, 6.07) is 8.19. The molecule has 1 fully saturated rings. The predicted molar refractivity (Wildman–Crippen MR) is 81.8 cm³/mol. The highest BCUT2D eigenvalue weighted by Gasteiger charge is 2.23. The van der Waals surface area contributed by atoms with Gasteiger partial charge < -0.3 is 5.32 Å². The largest absolute Gasteiger partial charge is 0.310 e. The summed E-state index contributed by atoms with van der Waals surface area (Å²) < 4.78 is 26.7. The van der Waals surface area contributed by atoms with Crippen LogP contribution in [0.4, 0.5) is 0 Å². The van der Waals surface area contributed by atoms with Crippen LogP contribution in [0.2, 0.25) is 0 Å². The number of hydrogen-bond acceptors (Lipinski definition) is 3. The second-order valence-corrected chi connectivity index (χ2v) is 7.71. The van der Waals surface area contributed by atoms with Crippen LogP contribution in [0.1, 0.15) is 37.8 Å². The molecule has 20 heavy (non-hydrogen) atoms. The van der Waals surface area contributed by atoms with Crippen LogP contribution < -0.4 is 10.0 Å². The zero-order chi connectivity index (χ0) is 14.6. The molecule has 0 aromatic heterocycles. The number of nitrogens with one attached hydrogen (secondary N) is 2. The zero-order valence-corrected chi connectivity index (χ0v) is 13.0. The predicted octanol–water partition coefficient (Wildman–Crippen LogP) is 2.01. The van der Waals surface area contributed by atoms with Crippen molar-refractivity contribution >= 4 is 10.0 Å². The summed E-state index contributed by atoms with van der Waals surface area (Å²) in [7, 11) is -3.21. The van der Waals surface area contributed by atoms with E-state index in [1.54, 1.807) is 0 Å². The maximum absolute atomic E-state index is 12.0. The van der Waals surface area contributed by atoms with Gasteiger partial charge in [-0.25, -0.2) is 13.1 Å². The summed E-state index contributed by atoms with van der Waals surface area (Å²) in [5, 5.41) is 3.34. The highest BCUT2D eigenvalue weighted by molar-refractivity contribution is 7.88. The molecule has 1 aromatic rings. The lowest BCUT2D eigenvalue weighted by atomic mass is 10.1. The van der Waals surface area contributed by atoms with E-state index in [1.165, 1.54) is 0 Å². The highest BCUT2D eigenvalue weighted by Crippen LogP contribution is 2.27. The van der Waals surface area contributed by atoms with Gasteiger partial charge in [0, 0.05) is 19.1 Å². The fraction of sp³-hybridized carbons (Fsp3) is 0.600. The fourth-order valence-electron chi connectivity index (χ4n) is 1.99. The average Bonchev–Trinajstić information content (AvgIpc) is 3.18. The van der Waals surface area contributed by atoms with Gasteiger partial charge in [0.15, 0.2) is 0 Å². The van der Waals surface area contributed by atoms with Gasteiger partial charge in [-0.15, -0.1) is 0 Å². The minimum Gasteiger partial charge on any atom is -0.310 e. The van der Waals surface area contributed by atoms with Gasteiger partial charge in [0.1, 0.15) is 0 Å². The second kappa shape index (κ2) is 6.70. The van der Waals surface area contributed by atoms with E-state index in [1.807, 2.05) is 24.3 Å². The van der Waals surface area contributed by atoms with Crippen LogP contribution in [-0.2, 0) is 22.3 Å². The SMILES string of the molecule is CC(C)NCc1cccc(CS(=O)(=O)NCC2CC2)c1. The Morgan fingerprint density at radius 1 is 1.25 bits per heavy atom. The lowest BCUT2D eigenvalue weighted by Gasteiger charge is -2.10. The van der Waals surface area contributed by atoms with E-state index < -0.39 is 10.0 Å². The van der Waals surface area contributed by atoms with E-state index in [2.05, 4.69) is 23.9 Å². The summed E-state index contributed by atoms with van der Waals surface area (Å²) in [6.07, 6.45) is 2.30. The first-order valence-corrected chi connectivity index (χ1v) is 8.88. The summed E-state index contributed by atoms with van der Waals surface area (Å²) in [4.78, 5) is 0. The Morgan fingerprint density at radius 2 is 1.95 bits per heavy atom. The molecule has 0 amide bonds. The van der Waals surface area contributed by atoms with Crippen molar-refractivity contribution in [1.29, 1.82) is 0 Å². The van der Waals surface area contributed by atoms with Crippen LogP contribution in [0.25, 0.3) is 0 Å². The third-order valence-corrected chi connectivity index (χ3v) is 4.67. The van der Waals surface area contributed by atoms with Crippen molar-refractivity contribution < 1.29 is 8.42 Å². The van der Waals surface area contributed by atoms with Gasteiger partial charge in [-0.2, -0.15) is 0 Å². The van der Waals surface area contributed by atoms with Crippen molar-refractivity contribution in [3.05, 3.63) is 35.4 Å². The molecule has 0 bridgehead atoms. The second-order valence-electron chi connectivity index (χ2n) is 5.91. The molecule has 1 aliphatic carbocycles. The molecule has 112 valence electrons. The van der Waals surface area contributed by atoms with Crippen molar-refractivity contribution in [3.63, 3.8) is 0 Å². The van der Waals surface area contributed by atoms with E-state index in [-0.39, 0.29) is 5.75 Å². The normalized spacial score (nSPS) is 15.8. The summed E-state index contributed by atoms with van der Waals surface area (Å²) >= 11 is 0. The molecule has 4 nitrogen and oxygen atoms in total. The van der Waals surface area contributed by atoms with Gasteiger partial charge in [-0.1, -0.05) is 38.1 Å². The standard InChI is InChI=1S/C15H24N2O2S/c1-12(2)16-9-14-4-3-5-15(8-14)11-20(18,19)17-10-13-6-7-13/h3-5,8,12-13,16-17H,6-7,9-11H2,1-2H3. The topological polar surface area (TPSA) is 58.2 Å². The van der Waals surface area contributed by atoms with Crippen LogP contribution in [0, 0.1) is 5.92 Å². The molecule has 0 aliphatic heterocycles. The maximum atomic E-state index is 12.0. The first kappa shape index (κ1) is 15.5. The zero-order valence-electron chi connectivity index (χ0n) is 12.2. The molecule has 0 saturated heterocycles. The molecule has 0 spiro atoms. The van der Waals surface area contributed by atoms with E-state index >= 15 is 0 Å². The Balaban J connectivity index is 1.92. The molecule has 0 radical (unpaired) electrons. The van der Waals surface area contributed by atoms with Crippen molar-refractivity contribution in [1.82, 2.24) is 10.0 Å². The Labute approximate surface area is 122 Å². The van der Waals surface area contributed by atoms with Gasteiger partial charge in [-0.3, -0.25) is 0 Å². The molecule has 0 atom stereocenters. The van der Waals surface area contributed by atoms with E-state index in [0.29, 0.717) is 18.5 Å². The first-order valence-electron chi connectivity index (χ1n) is 7.23. The van der Waals surface area contributed by atoms with E-state index in [4.69, 9.17) is 0 Å². The van der Waals surface area contributed by atoms with Crippen molar-refractivity contribution in [2.24, 2.45) is 5.92 Å². The van der Waals surface area contributed by atoms with Crippen LogP contribution in [0.15, 0.2) is 24.3 Å². The van der Waals surface area contributed by atoms with Crippen LogP contribution in [-0.4, -0.2) is 21.0 Å². The molecule has 0 unspecified atom stereocenters. The van der Waals surface area contributed by atoms with Crippen molar-refractivity contribution in [2.75, 3.05) is 6.54 Å². The highest BCUT2D eigenvalue weighted by atomic mass is 32.2. The lowest BCUT2D eigenvalue weighted by Crippen LogP contribution is -2.27. The van der Waals surface area contributed by atoms with Gasteiger partial charge in [0.05, 0.1) is 5.75 Å². The quantitative estimate of drug-likeness (QED) is 0.771. The maximum Gasteiger partial charge on any atom is 0.215 e. The molecule has 2 rings (SSSR count). The molecule has 1 saturated carbocycles. The van der Waals surface area contributed by atoms with Crippen LogP contribution in [0.3, 0.4) is 0 Å². The summed E-state index contributed by atoms with van der Waals surface area (Å²) in [6.45, 7) is 5.55. The smallest absolute Gasteiger partial charge is 0.215 e. The Kier molecular flexibility index (Phi) is 5.18. The van der Waals surface area contributed by atoms with E-state index in [9.17, 15) is 8.42 Å². The Hall–Kier alpha value is -0.910. The Bertz CT molecular complexity index is 537. The average molecular weight is 296 g/mol. The van der Waals surface area contributed by atoms with Crippen molar-refractivity contribution in [2.45, 2.75) is 45.0 Å². The molecular formula is C15H24N2O2S. The molecule has 0 heterocycles. The molecule has 2 N–H and O–H groups in total. The van der Waals surface area contributed by atoms with Gasteiger partial charge >= 0.3 is 0 Å². The monoisotopic (exact) mass is 296 g/mol. The number of benzene rings is 1. The summed E-state index contributed by atoms with van der Waals surface area (Å²) in [5.41, 5.74) is 1.96. The third-order valence-electron chi connectivity index (χ3n) is 3.35. The van der Waals surface area contributed by atoms with Crippen LogP contribution >= 0.6 is 0 Å². The fourth-order valence-corrected chi connectivity index (χ4v) is 3.20. The Morgan fingerprint density at radius 3 is 2.60 bits per heavy atom. The summed E-state index contributed by atoms with van der Waals surface area (Å²) in [5.74, 6) is 0.626. The van der Waals surface area contributed by atoms with Gasteiger partial charge in [0.25, 0.3) is 0 Å². The minimum atomic E-state index is -3.21. The lowest BCUT2D eigenvalue weighted by molar-refractivity contribution is 0.576. The van der Waals surface area contributed by atoms with Crippen molar-refractivity contribution in [3.8, 4) is 0 Å². The van der Waals surface area contributed by atoms with Gasteiger partial charge in [0.2, 0.25) is 10.0 Å². The van der Waals surface area contributed by atoms with Crippen LogP contribution in [0.5, 0.6) is 0 Å². The van der Waals surface area contributed by atoms with E-state index in [0.717, 1.165) is 30.5 Å². The number of rotatable bonds is 8. The third kappa shape index (κ3) is 5.61. The minimum absolute atomic E-state index is 0.0647. The van der Waals surface area contributed by atoms with Gasteiger partial charge in [-0.05, 0) is 29.9 Å². The first-order chi connectivity index (χ1) is 9.44. The number of sulfonamides is 1. The molecular weight excluding hydrogens is 272 g/mol. The molecule has 5 heteroatoms. The number of hydrogen-bond donors (Lipinski definition) is 2.